The third-order valence-corrected chi connectivity index (χ3v) is 0. The maximum Gasteiger partial charge on any atom is 0 e. The zero-order valence-electron chi connectivity index (χ0n) is 2.72. The molecule has 0 fully saturated rings. The fraction of sp³-hybridized carbons (Fsp3) is 0. The van der Waals surface area contributed by atoms with E-state index in [4.69, 9.17) is 0 Å². The molecule has 0 aromatic carbocycles. The summed E-state index contributed by atoms with van der Waals surface area (Å²) in [6, 6.07) is 0. The average molecular weight is 167 g/mol. The van der Waals surface area contributed by atoms with Gasteiger partial charge in [0, 0.05) is 16.5 Å². The Morgan fingerprint density at radius 3 is 0.500 bits per heavy atom. The van der Waals surface area contributed by atoms with Crippen LogP contribution < -0.4 is 0 Å². The summed E-state index contributed by atoms with van der Waals surface area (Å²) in [5.41, 5.74) is 0. The van der Waals surface area contributed by atoms with Crippen LogP contribution in [0.15, 0.2) is 0 Å². The van der Waals surface area contributed by atoms with Crippen molar-refractivity contribution < 1.29 is 38.4 Å². The number of hydrogen-bond donors (Lipinski definition) is 0. The summed E-state index contributed by atoms with van der Waals surface area (Å²) in [5.74, 6) is 0. The van der Waals surface area contributed by atoms with Gasteiger partial charge in [-0.05, 0) is 0 Å². The molecule has 0 amide bonds. The van der Waals surface area contributed by atoms with Crippen LogP contribution in [0.2, 0.25) is 0 Å². The summed E-state index contributed by atoms with van der Waals surface area (Å²) < 4.78 is 0. The molecule has 0 heterocycles. The molecule has 0 atom stereocenters. The Hall–Kier alpha value is 0.624. The van der Waals surface area contributed by atoms with Crippen molar-refractivity contribution in [3.63, 3.8) is 0 Å². The van der Waals surface area contributed by atoms with Gasteiger partial charge in [0.1, 0.15) is 0 Å². The number of hydrogen-bond acceptors (Lipinski definition) is 0. The fourth-order valence-electron chi connectivity index (χ4n) is 0. The van der Waals surface area contributed by atoms with E-state index in [1.807, 2.05) is 0 Å². The molecular formula is H9ClNiO4. The van der Waals surface area contributed by atoms with E-state index in [-0.39, 0.29) is 50.8 Å². The average Bonchev–Trinajstić information content (AvgIpc) is 0. The van der Waals surface area contributed by atoms with Crippen molar-refractivity contribution in [1.29, 1.82) is 0 Å². The van der Waals surface area contributed by atoms with E-state index in [1.165, 1.54) is 0 Å². The Morgan fingerprint density at radius 2 is 0.500 bits per heavy atom. The second-order valence-electron chi connectivity index (χ2n) is 0. The van der Waals surface area contributed by atoms with Crippen LogP contribution in [0.5, 0.6) is 0 Å². The van der Waals surface area contributed by atoms with Crippen LogP contribution in [0.4, 0.5) is 0 Å². The Labute approximate surface area is 51.5 Å². The first-order valence-corrected chi connectivity index (χ1v) is 0. The molecule has 0 aliphatic heterocycles. The van der Waals surface area contributed by atoms with Gasteiger partial charge in [0.15, 0.2) is 0 Å². The summed E-state index contributed by atoms with van der Waals surface area (Å²) >= 11 is 0. The molecule has 4 nitrogen and oxygen atoms in total. The Morgan fingerprint density at radius 1 is 0.500 bits per heavy atom. The molecule has 0 aromatic heterocycles. The van der Waals surface area contributed by atoms with Crippen molar-refractivity contribution in [2.45, 2.75) is 0 Å². The molecule has 6 heteroatoms. The van der Waals surface area contributed by atoms with Crippen LogP contribution in [0.25, 0.3) is 0 Å². The topological polar surface area (TPSA) is 126 Å². The van der Waals surface area contributed by atoms with Gasteiger partial charge in [0.2, 0.25) is 0 Å². The molecule has 0 radical (unpaired) electrons. The molecule has 0 aromatic rings. The number of rotatable bonds is 0. The zero-order valence-corrected chi connectivity index (χ0v) is 4.53. The molecule has 0 saturated carbocycles. The van der Waals surface area contributed by atoms with Crippen LogP contribution in [0.3, 0.4) is 0 Å². The van der Waals surface area contributed by atoms with E-state index in [9.17, 15) is 0 Å². The molecule has 0 bridgehead atoms. The molecule has 0 aliphatic rings. The standard InChI is InChI=1S/ClH.Ni.4H2O/h1H;;4*1H2. The van der Waals surface area contributed by atoms with E-state index in [2.05, 4.69) is 0 Å². The molecule has 0 unspecified atom stereocenters. The molecule has 0 spiro atoms. The molecule has 0 aliphatic carbocycles. The first-order chi connectivity index (χ1) is 0. The van der Waals surface area contributed by atoms with Gasteiger partial charge in [-0.1, -0.05) is 0 Å². The first-order valence-electron chi connectivity index (χ1n) is 0. The van der Waals surface area contributed by atoms with Gasteiger partial charge in [-0.25, -0.2) is 0 Å². The van der Waals surface area contributed by atoms with Crippen molar-refractivity contribution in [2.24, 2.45) is 0 Å². The van der Waals surface area contributed by atoms with Gasteiger partial charge in [-0.15, -0.1) is 12.4 Å². The minimum Gasteiger partial charge on any atom is -0.412 e. The van der Waals surface area contributed by atoms with Crippen molar-refractivity contribution >= 4 is 12.4 Å². The number of halogens is 1. The maximum atomic E-state index is 0. The predicted molar refractivity (Wildman–Crippen MR) is 21.7 cm³/mol. The van der Waals surface area contributed by atoms with Crippen molar-refractivity contribution in [3.05, 3.63) is 0 Å². The SMILES string of the molecule is Cl.O.O.O.O.[Ni]. The molecular weight excluding hydrogens is 158 g/mol. The van der Waals surface area contributed by atoms with E-state index >= 15 is 0 Å². The summed E-state index contributed by atoms with van der Waals surface area (Å²) in [4.78, 5) is 0. The van der Waals surface area contributed by atoms with E-state index in [1.54, 1.807) is 0 Å². The Bertz CT molecular complexity index is 7.51. The zero-order chi connectivity index (χ0) is 0. The van der Waals surface area contributed by atoms with Gasteiger partial charge >= 0.3 is 0 Å². The fourth-order valence-corrected chi connectivity index (χ4v) is 0. The molecule has 0 rings (SSSR count). The largest absolute Gasteiger partial charge is 0.412 e. The van der Waals surface area contributed by atoms with Gasteiger partial charge in [-0.3, -0.25) is 0 Å². The summed E-state index contributed by atoms with van der Waals surface area (Å²) in [7, 11) is 0. The second-order valence-corrected chi connectivity index (χ2v) is 0. The van der Waals surface area contributed by atoms with E-state index in [0.717, 1.165) is 0 Å². The molecule has 6 heavy (non-hydrogen) atoms. The third kappa shape index (κ3) is 156. The molecule has 50 valence electrons. The van der Waals surface area contributed by atoms with Crippen LogP contribution in [0.1, 0.15) is 0 Å². The van der Waals surface area contributed by atoms with Crippen LogP contribution in [0, 0.1) is 0 Å². The quantitative estimate of drug-likeness (QED) is 0.343. The van der Waals surface area contributed by atoms with Gasteiger partial charge in [0.25, 0.3) is 0 Å². The summed E-state index contributed by atoms with van der Waals surface area (Å²) in [6.45, 7) is 0. The third-order valence-electron chi connectivity index (χ3n) is 0. The predicted octanol–water partition coefficient (Wildman–Crippen LogP) is -2.88. The van der Waals surface area contributed by atoms with Gasteiger partial charge in [0.05, 0.1) is 0 Å². The van der Waals surface area contributed by atoms with Crippen molar-refractivity contribution in [1.82, 2.24) is 0 Å². The van der Waals surface area contributed by atoms with Gasteiger partial charge in [-0.2, -0.15) is 0 Å². The normalized spacial score (nSPS) is 0. The smallest absolute Gasteiger partial charge is 0 e. The van der Waals surface area contributed by atoms with Crippen LogP contribution >= 0.6 is 12.4 Å². The first kappa shape index (κ1) is 539. The van der Waals surface area contributed by atoms with E-state index < -0.39 is 0 Å². The summed E-state index contributed by atoms with van der Waals surface area (Å²) in [5, 5.41) is 0. The van der Waals surface area contributed by atoms with Crippen molar-refractivity contribution in [3.8, 4) is 0 Å². The van der Waals surface area contributed by atoms with E-state index in [0.29, 0.717) is 0 Å². The Balaban J connectivity index is 0. The van der Waals surface area contributed by atoms with Crippen LogP contribution in [-0.4, -0.2) is 21.9 Å². The minimum atomic E-state index is 0. The molecule has 0 saturated heterocycles. The molecule has 8 N–H and O–H groups in total. The maximum absolute atomic E-state index is 0. The monoisotopic (exact) mass is 166 g/mol. The Kier molecular flexibility index (Phi) is 27800. The van der Waals surface area contributed by atoms with Crippen LogP contribution in [-0.2, 0) is 16.5 Å². The van der Waals surface area contributed by atoms with Crippen molar-refractivity contribution in [2.75, 3.05) is 0 Å². The minimum absolute atomic E-state index is 0. The van der Waals surface area contributed by atoms with Gasteiger partial charge < -0.3 is 21.9 Å². The second kappa shape index (κ2) is 309. The summed E-state index contributed by atoms with van der Waals surface area (Å²) in [6.07, 6.45) is 0.